The summed E-state index contributed by atoms with van der Waals surface area (Å²) in [6.45, 7) is 0. The Morgan fingerprint density at radius 3 is 2.67 bits per heavy atom. The molecule has 2 rings (SSSR count). The molecule has 3 N–H and O–H groups in total. The number of nitrogens with two attached hydrogens (primary N) is 1. The van der Waals surface area contributed by atoms with Crippen LogP contribution in [0.25, 0.3) is 11.3 Å². The lowest BCUT2D eigenvalue weighted by Crippen LogP contribution is -2.21. The van der Waals surface area contributed by atoms with Gasteiger partial charge in [-0.25, -0.2) is 18.4 Å². The van der Waals surface area contributed by atoms with E-state index in [-0.39, 0.29) is 16.4 Å². The number of aromatic nitrogens is 2. The topological polar surface area (TPSA) is 115 Å². The largest absolute Gasteiger partial charge is 0.382 e. The van der Waals surface area contributed by atoms with Gasteiger partial charge < -0.3 is 11.1 Å². The summed E-state index contributed by atoms with van der Waals surface area (Å²) in [5, 5.41) is 2.42. The van der Waals surface area contributed by atoms with Crippen LogP contribution in [0, 0.1) is 0 Å². The van der Waals surface area contributed by atoms with Crippen molar-refractivity contribution in [3.63, 3.8) is 0 Å². The van der Waals surface area contributed by atoms with E-state index in [0.717, 1.165) is 6.26 Å². The molecule has 0 unspecified atom stereocenters. The first kappa shape index (κ1) is 14.9. The molecule has 0 aliphatic carbocycles. The summed E-state index contributed by atoms with van der Waals surface area (Å²) in [7, 11) is -1.87. The molecular weight excluding hydrogens is 292 g/mol. The molecule has 0 atom stereocenters. The number of hydrogen-bond donors (Lipinski definition) is 2. The van der Waals surface area contributed by atoms with Gasteiger partial charge in [0.2, 0.25) is 0 Å². The number of carbonyl (C=O) groups excluding carboxylic acids is 1. The Morgan fingerprint density at radius 2 is 2.05 bits per heavy atom. The zero-order chi connectivity index (χ0) is 15.6. The van der Waals surface area contributed by atoms with Gasteiger partial charge in [-0.2, -0.15) is 0 Å². The van der Waals surface area contributed by atoms with Crippen molar-refractivity contribution in [3.05, 3.63) is 36.2 Å². The third-order valence-electron chi connectivity index (χ3n) is 2.80. The van der Waals surface area contributed by atoms with Crippen molar-refractivity contribution in [3.8, 4) is 11.3 Å². The van der Waals surface area contributed by atoms with Crippen LogP contribution in [0.5, 0.6) is 0 Å². The van der Waals surface area contributed by atoms with Crippen molar-refractivity contribution in [1.29, 1.82) is 0 Å². The lowest BCUT2D eigenvalue weighted by atomic mass is 10.1. The highest BCUT2D eigenvalue weighted by Crippen LogP contribution is 2.21. The fourth-order valence-electron chi connectivity index (χ4n) is 1.71. The van der Waals surface area contributed by atoms with Crippen LogP contribution in [0.4, 0.5) is 5.82 Å². The molecule has 110 valence electrons. The van der Waals surface area contributed by atoms with Crippen LogP contribution in [0.3, 0.4) is 0 Å². The van der Waals surface area contributed by atoms with Gasteiger partial charge in [0, 0.05) is 18.9 Å². The molecule has 1 aromatic carbocycles. The molecule has 7 nitrogen and oxygen atoms in total. The fraction of sp³-hybridized carbons (Fsp3) is 0.154. The Bertz CT molecular complexity index is 803. The highest BCUT2D eigenvalue weighted by Gasteiger charge is 2.14. The molecule has 0 aliphatic rings. The van der Waals surface area contributed by atoms with Crippen LogP contribution in [0.2, 0.25) is 0 Å². The summed E-state index contributed by atoms with van der Waals surface area (Å²) in [4.78, 5) is 19.9. The minimum absolute atomic E-state index is 0.000223. The standard InChI is InChI=1S/C13H14N4O3S/c1-15-13(18)11-12(14)16-7-10(17-11)8-4-3-5-9(6-8)21(2,19)20/h3-7H,1-2H3,(H2,14,16)(H,15,18). The molecule has 0 saturated heterocycles. The molecule has 0 spiro atoms. The average Bonchev–Trinajstić information content (AvgIpc) is 2.46. The summed E-state index contributed by atoms with van der Waals surface area (Å²) in [6, 6.07) is 6.25. The van der Waals surface area contributed by atoms with Crippen LogP contribution >= 0.6 is 0 Å². The van der Waals surface area contributed by atoms with E-state index in [2.05, 4.69) is 15.3 Å². The van der Waals surface area contributed by atoms with Crippen molar-refractivity contribution in [2.24, 2.45) is 0 Å². The average molecular weight is 306 g/mol. The number of anilines is 1. The van der Waals surface area contributed by atoms with Gasteiger partial charge in [0.05, 0.1) is 16.8 Å². The Morgan fingerprint density at radius 1 is 1.33 bits per heavy atom. The molecule has 1 amide bonds. The first-order chi connectivity index (χ1) is 9.82. The normalized spacial score (nSPS) is 11.1. The smallest absolute Gasteiger partial charge is 0.273 e. The van der Waals surface area contributed by atoms with E-state index in [0.29, 0.717) is 11.3 Å². The maximum Gasteiger partial charge on any atom is 0.273 e. The van der Waals surface area contributed by atoms with Crippen molar-refractivity contribution in [2.45, 2.75) is 4.90 Å². The van der Waals surface area contributed by atoms with Gasteiger partial charge in [-0.15, -0.1) is 0 Å². The molecule has 0 radical (unpaired) electrons. The van der Waals surface area contributed by atoms with E-state index in [9.17, 15) is 13.2 Å². The molecule has 8 heteroatoms. The second kappa shape index (κ2) is 5.49. The van der Waals surface area contributed by atoms with Gasteiger partial charge in [0.25, 0.3) is 5.91 Å². The molecule has 1 heterocycles. The quantitative estimate of drug-likeness (QED) is 0.852. The highest BCUT2D eigenvalue weighted by atomic mass is 32.2. The molecule has 2 aromatic rings. The van der Waals surface area contributed by atoms with E-state index in [1.54, 1.807) is 12.1 Å². The molecule has 0 aliphatic heterocycles. The monoisotopic (exact) mass is 306 g/mol. The van der Waals surface area contributed by atoms with Gasteiger partial charge >= 0.3 is 0 Å². The van der Waals surface area contributed by atoms with Crippen molar-refractivity contribution in [1.82, 2.24) is 15.3 Å². The number of nitrogens with zero attached hydrogens (tertiary/aromatic N) is 2. The van der Waals surface area contributed by atoms with Crippen LogP contribution < -0.4 is 11.1 Å². The molecule has 1 aromatic heterocycles. The van der Waals surface area contributed by atoms with Gasteiger partial charge in [0.1, 0.15) is 0 Å². The Balaban J connectivity index is 2.55. The summed E-state index contributed by atoms with van der Waals surface area (Å²) < 4.78 is 23.1. The first-order valence-electron chi connectivity index (χ1n) is 5.98. The van der Waals surface area contributed by atoms with Crippen LogP contribution in [-0.2, 0) is 9.84 Å². The Labute approximate surface area is 122 Å². The number of amides is 1. The van der Waals surface area contributed by atoms with Crippen molar-refractivity contribution < 1.29 is 13.2 Å². The van der Waals surface area contributed by atoms with E-state index in [1.165, 1.54) is 25.4 Å². The number of carbonyl (C=O) groups is 1. The Kier molecular flexibility index (Phi) is 3.90. The molecule has 0 saturated carbocycles. The van der Waals surface area contributed by atoms with Crippen LogP contribution in [-0.4, -0.2) is 37.6 Å². The maximum atomic E-state index is 11.7. The molecule has 0 fully saturated rings. The minimum atomic E-state index is -3.32. The number of sulfone groups is 1. The van der Waals surface area contributed by atoms with Crippen LogP contribution in [0.1, 0.15) is 10.5 Å². The minimum Gasteiger partial charge on any atom is -0.382 e. The fourth-order valence-corrected chi connectivity index (χ4v) is 2.38. The number of nitrogen functional groups attached to an aromatic ring is 1. The predicted molar refractivity (Wildman–Crippen MR) is 78.4 cm³/mol. The lowest BCUT2D eigenvalue weighted by molar-refractivity contribution is 0.0959. The summed E-state index contributed by atoms with van der Waals surface area (Å²) in [5.74, 6) is -0.446. The summed E-state index contributed by atoms with van der Waals surface area (Å²) >= 11 is 0. The maximum absolute atomic E-state index is 11.7. The van der Waals surface area contributed by atoms with Gasteiger partial charge in [0.15, 0.2) is 21.3 Å². The summed E-state index contributed by atoms with van der Waals surface area (Å²) in [5.41, 5.74) is 6.52. The zero-order valence-electron chi connectivity index (χ0n) is 11.5. The number of nitrogens with one attached hydrogen (secondary N) is 1. The number of benzene rings is 1. The van der Waals surface area contributed by atoms with E-state index in [4.69, 9.17) is 5.73 Å². The predicted octanol–water partition coefficient (Wildman–Crippen LogP) is 0.489. The van der Waals surface area contributed by atoms with Gasteiger partial charge in [-0.3, -0.25) is 4.79 Å². The summed E-state index contributed by atoms with van der Waals surface area (Å²) in [6.07, 6.45) is 2.51. The molecule has 0 bridgehead atoms. The molecular formula is C13H14N4O3S. The van der Waals surface area contributed by atoms with Gasteiger partial charge in [-0.05, 0) is 12.1 Å². The SMILES string of the molecule is CNC(=O)c1nc(-c2cccc(S(C)(=O)=O)c2)cnc1N. The van der Waals surface area contributed by atoms with E-state index < -0.39 is 15.7 Å². The van der Waals surface area contributed by atoms with Crippen LogP contribution in [0.15, 0.2) is 35.4 Å². The zero-order valence-corrected chi connectivity index (χ0v) is 12.3. The first-order valence-corrected chi connectivity index (χ1v) is 7.87. The third-order valence-corrected chi connectivity index (χ3v) is 3.91. The second-order valence-electron chi connectivity index (χ2n) is 4.37. The third kappa shape index (κ3) is 3.16. The highest BCUT2D eigenvalue weighted by molar-refractivity contribution is 7.90. The van der Waals surface area contributed by atoms with E-state index in [1.807, 2.05) is 0 Å². The van der Waals surface area contributed by atoms with Crippen molar-refractivity contribution >= 4 is 21.6 Å². The number of rotatable bonds is 3. The molecule has 21 heavy (non-hydrogen) atoms. The second-order valence-corrected chi connectivity index (χ2v) is 6.38. The van der Waals surface area contributed by atoms with Crippen molar-refractivity contribution in [2.75, 3.05) is 19.0 Å². The van der Waals surface area contributed by atoms with E-state index >= 15 is 0 Å². The lowest BCUT2D eigenvalue weighted by Gasteiger charge is -2.07. The Hall–Kier alpha value is -2.48. The van der Waals surface area contributed by atoms with Gasteiger partial charge in [-0.1, -0.05) is 12.1 Å². The number of hydrogen-bond acceptors (Lipinski definition) is 6.